The van der Waals surface area contributed by atoms with Crippen LogP contribution in [0.3, 0.4) is 0 Å². The first kappa shape index (κ1) is 7.96. The Hall–Kier alpha value is -1.14. The summed E-state index contributed by atoms with van der Waals surface area (Å²) in [6.07, 6.45) is 1.59. The van der Waals surface area contributed by atoms with E-state index in [4.69, 9.17) is 18.2 Å². The van der Waals surface area contributed by atoms with E-state index in [-0.39, 0.29) is 6.54 Å². The molecule has 0 aromatic carbocycles. The van der Waals surface area contributed by atoms with E-state index in [1.807, 2.05) is 0 Å². The fraction of sp³-hybridized carbons (Fsp3) is 0.286. The average Bonchev–Trinajstić information content (AvgIpc) is 1.95. The lowest BCUT2D eigenvalue weighted by Crippen LogP contribution is -1.92. The van der Waals surface area contributed by atoms with Gasteiger partial charge in [-0.1, -0.05) is 11.6 Å². The summed E-state index contributed by atoms with van der Waals surface area (Å²) in [5.41, 5.74) is 0.687. The van der Waals surface area contributed by atoms with Crippen LogP contribution in [0.2, 0.25) is 5.15 Å². The van der Waals surface area contributed by atoms with E-state index in [1.165, 1.54) is 0 Å². The zero-order valence-electron chi connectivity index (χ0n) is 6.00. The van der Waals surface area contributed by atoms with Crippen LogP contribution in [0.4, 0.5) is 0 Å². The molecule has 0 saturated heterocycles. The lowest BCUT2D eigenvalue weighted by atomic mass is 10.3. The molecule has 0 aliphatic rings. The lowest BCUT2D eigenvalue weighted by Gasteiger charge is -1.95. The number of rotatable bonds is 1. The normalized spacial score (nSPS) is 9.18. The summed E-state index contributed by atoms with van der Waals surface area (Å²) in [6, 6.07) is 0. The van der Waals surface area contributed by atoms with Crippen LogP contribution in [-0.4, -0.2) is 9.97 Å². The van der Waals surface area contributed by atoms with Crippen molar-refractivity contribution in [1.82, 2.24) is 9.97 Å². The van der Waals surface area contributed by atoms with E-state index in [9.17, 15) is 0 Å². The molecule has 4 heteroatoms. The third-order valence-corrected chi connectivity index (χ3v) is 1.51. The molecule has 0 radical (unpaired) electrons. The number of halogens is 1. The first-order chi connectivity index (χ1) is 5.24. The molecule has 1 aromatic rings. The minimum atomic E-state index is 0.249. The number of aromatic nitrogens is 2. The maximum absolute atomic E-state index is 6.60. The van der Waals surface area contributed by atoms with Crippen LogP contribution in [-0.2, 0) is 6.54 Å². The maximum atomic E-state index is 6.60. The van der Waals surface area contributed by atoms with Crippen molar-refractivity contribution in [2.45, 2.75) is 13.5 Å². The quantitative estimate of drug-likeness (QED) is 0.472. The molecule has 1 aromatic heterocycles. The van der Waals surface area contributed by atoms with E-state index in [0.717, 1.165) is 0 Å². The van der Waals surface area contributed by atoms with Gasteiger partial charge in [0.1, 0.15) is 11.0 Å². The lowest BCUT2D eigenvalue weighted by molar-refractivity contribution is 1.01. The summed E-state index contributed by atoms with van der Waals surface area (Å²) in [4.78, 5) is 11.0. The van der Waals surface area contributed by atoms with Gasteiger partial charge in [-0.25, -0.2) is 16.5 Å². The molecule has 0 N–H and O–H groups in total. The van der Waals surface area contributed by atoms with Crippen LogP contribution in [0.15, 0.2) is 6.20 Å². The molecule has 0 unspecified atom stereocenters. The molecule has 0 saturated carbocycles. The summed E-state index contributed by atoms with van der Waals surface area (Å²) >= 11 is 5.71. The Morgan fingerprint density at radius 1 is 1.73 bits per heavy atom. The van der Waals surface area contributed by atoms with Crippen molar-refractivity contribution in [3.63, 3.8) is 0 Å². The molecule has 0 spiro atoms. The molecule has 0 atom stereocenters. The van der Waals surface area contributed by atoms with E-state index >= 15 is 0 Å². The minimum Gasteiger partial charge on any atom is -0.312 e. The second kappa shape index (κ2) is 3.31. The number of hydrogen-bond donors (Lipinski definition) is 0. The van der Waals surface area contributed by atoms with Gasteiger partial charge in [-0.15, -0.1) is 0 Å². The Balaban J connectivity index is 3.01. The van der Waals surface area contributed by atoms with Gasteiger partial charge in [0.2, 0.25) is 6.54 Å². The van der Waals surface area contributed by atoms with Crippen molar-refractivity contribution in [3.8, 4) is 0 Å². The predicted molar refractivity (Wildman–Crippen MR) is 42.1 cm³/mol. The van der Waals surface area contributed by atoms with E-state index in [2.05, 4.69) is 14.8 Å². The van der Waals surface area contributed by atoms with Gasteiger partial charge in [-0.2, -0.15) is 0 Å². The summed E-state index contributed by atoms with van der Waals surface area (Å²) in [5, 5.41) is 0.383. The molecule has 0 aliphatic heterocycles. The number of nitrogens with zero attached hydrogens (tertiary/aromatic N) is 3. The second-order valence-electron chi connectivity index (χ2n) is 2.05. The van der Waals surface area contributed by atoms with Gasteiger partial charge in [0, 0.05) is 6.20 Å². The second-order valence-corrected chi connectivity index (χ2v) is 2.41. The van der Waals surface area contributed by atoms with Gasteiger partial charge in [0.25, 0.3) is 0 Å². The summed E-state index contributed by atoms with van der Waals surface area (Å²) < 4.78 is 0. The van der Waals surface area contributed by atoms with Gasteiger partial charge in [-0.05, 0) is 6.92 Å². The van der Waals surface area contributed by atoms with Crippen LogP contribution in [0.5, 0.6) is 0 Å². The molecule has 56 valence electrons. The van der Waals surface area contributed by atoms with Gasteiger partial charge in [-0.3, -0.25) is 0 Å². The van der Waals surface area contributed by atoms with Crippen LogP contribution in [0, 0.1) is 13.5 Å². The molecule has 0 fully saturated rings. The topological polar surface area (TPSA) is 30.1 Å². The predicted octanol–water partition coefficient (Wildman–Crippen LogP) is 1.86. The standard InChI is InChI=1S/C7H6ClN3/c1-5-10-4-6(3-9-2)7(8)11-5/h4H,3H2,1H3. The SMILES string of the molecule is [C-]#[N+]Cc1cnc(C)nc1Cl. The van der Waals surface area contributed by atoms with E-state index in [0.29, 0.717) is 16.5 Å². The van der Waals surface area contributed by atoms with Crippen LogP contribution in [0.25, 0.3) is 4.85 Å². The van der Waals surface area contributed by atoms with Crippen molar-refractivity contribution in [2.24, 2.45) is 0 Å². The largest absolute Gasteiger partial charge is 0.312 e. The highest BCUT2D eigenvalue weighted by atomic mass is 35.5. The molecule has 3 nitrogen and oxygen atoms in total. The Bertz CT molecular complexity index is 303. The molecular weight excluding hydrogens is 162 g/mol. The van der Waals surface area contributed by atoms with Crippen molar-refractivity contribution >= 4 is 11.6 Å². The third-order valence-electron chi connectivity index (χ3n) is 1.18. The van der Waals surface area contributed by atoms with Crippen molar-refractivity contribution in [2.75, 3.05) is 0 Å². The third kappa shape index (κ3) is 1.89. The van der Waals surface area contributed by atoms with Gasteiger partial charge in [0.05, 0.1) is 5.56 Å². The zero-order valence-corrected chi connectivity index (χ0v) is 6.76. The van der Waals surface area contributed by atoms with Crippen molar-refractivity contribution < 1.29 is 0 Å². The van der Waals surface area contributed by atoms with Crippen molar-refractivity contribution in [3.05, 3.63) is 34.2 Å². The van der Waals surface area contributed by atoms with Crippen molar-refractivity contribution in [1.29, 1.82) is 0 Å². The van der Waals surface area contributed by atoms with Crippen LogP contribution >= 0.6 is 11.6 Å². The molecule has 0 aliphatic carbocycles. The molecule has 0 bridgehead atoms. The van der Waals surface area contributed by atoms with Gasteiger partial charge < -0.3 is 4.85 Å². The highest BCUT2D eigenvalue weighted by Crippen LogP contribution is 2.12. The molecular formula is C7H6ClN3. The first-order valence-corrected chi connectivity index (χ1v) is 3.43. The average molecular weight is 168 g/mol. The minimum absolute atomic E-state index is 0.249. The Labute approximate surface area is 69.9 Å². The summed E-state index contributed by atoms with van der Waals surface area (Å²) in [7, 11) is 0. The van der Waals surface area contributed by atoms with Gasteiger partial charge >= 0.3 is 0 Å². The fourth-order valence-corrected chi connectivity index (χ4v) is 0.889. The van der Waals surface area contributed by atoms with Crippen LogP contribution < -0.4 is 0 Å². The number of aryl methyl sites for hydroxylation is 1. The first-order valence-electron chi connectivity index (χ1n) is 3.05. The molecule has 11 heavy (non-hydrogen) atoms. The molecule has 1 rings (SSSR count). The highest BCUT2D eigenvalue weighted by molar-refractivity contribution is 6.30. The summed E-state index contributed by atoms with van der Waals surface area (Å²) in [6.45, 7) is 8.61. The van der Waals surface area contributed by atoms with Crippen LogP contribution in [0.1, 0.15) is 11.4 Å². The fourth-order valence-electron chi connectivity index (χ4n) is 0.659. The smallest absolute Gasteiger partial charge is 0.244 e. The Morgan fingerprint density at radius 2 is 2.45 bits per heavy atom. The molecule has 0 amide bonds. The Morgan fingerprint density at radius 3 is 3.00 bits per heavy atom. The monoisotopic (exact) mass is 167 g/mol. The molecule has 1 heterocycles. The van der Waals surface area contributed by atoms with Gasteiger partial charge in [0.15, 0.2) is 0 Å². The summed E-state index contributed by atoms with van der Waals surface area (Å²) in [5.74, 6) is 0.628. The maximum Gasteiger partial charge on any atom is 0.244 e. The van der Waals surface area contributed by atoms with E-state index in [1.54, 1.807) is 13.1 Å². The number of hydrogen-bond acceptors (Lipinski definition) is 2. The Kier molecular flexibility index (Phi) is 2.40. The van der Waals surface area contributed by atoms with E-state index < -0.39 is 0 Å². The highest BCUT2D eigenvalue weighted by Gasteiger charge is 2.03. The zero-order chi connectivity index (χ0) is 8.27.